The quantitative estimate of drug-likeness (QED) is 0.352. The first-order chi connectivity index (χ1) is 16.8. The van der Waals surface area contributed by atoms with Gasteiger partial charge in [-0.1, -0.05) is 44.5 Å². The molecule has 9 heteroatoms. The Morgan fingerprint density at radius 3 is 2.33 bits per heavy atom. The summed E-state index contributed by atoms with van der Waals surface area (Å²) >= 11 is 0. The van der Waals surface area contributed by atoms with E-state index in [2.05, 4.69) is 21.9 Å². The normalized spacial score (nSPS) is 13.6. The van der Waals surface area contributed by atoms with Crippen molar-refractivity contribution < 1.29 is 28.7 Å². The molecule has 0 aliphatic carbocycles. The number of esters is 1. The summed E-state index contributed by atoms with van der Waals surface area (Å²) in [4.78, 5) is 53.1. The zero-order valence-corrected chi connectivity index (χ0v) is 22.8. The minimum Gasteiger partial charge on any atom is -0.468 e. The van der Waals surface area contributed by atoms with Crippen LogP contribution >= 0.6 is 0 Å². The van der Waals surface area contributed by atoms with Gasteiger partial charge in [0, 0.05) is 6.54 Å². The summed E-state index contributed by atoms with van der Waals surface area (Å²) in [5.74, 6) is -1.89. The molecular weight excluding hydrogens is 462 g/mol. The van der Waals surface area contributed by atoms with Crippen LogP contribution in [0.3, 0.4) is 0 Å². The van der Waals surface area contributed by atoms with Gasteiger partial charge in [-0.25, -0.2) is 4.79 Å². The molecule has 0 aliphatic rings. The van der Waals surface area contributed by atoms with Crippen LogP contribution in [-0.4, -0.2) is 60.6 Å². The number of carbonyl (C=O) groups excluding carboxylic acids is 4. The van der Waals surface area contributed by atoms with Gasteiger partial charge in [0.05, 0.1) is 7.11 Å². The van der Waals surface area contributed by atoms with Gasteiger partial charge < -0.3 is 25.0 Å². The van der Waals surface area contributed by atoms with Gasteiger partial charge in [-0.3, -0.25) is 14.4 Å². The molecule has 0 spiro atoms. The minimum atomic E-state index is -1.08. The van der Waals surface area contributed by atoms with Crippen molar-refractivity contribution in [2.24, 2.45) is 5.92 Å². The fourth-order valence-electron chi connectivity index (χ4n) is 3.61. The first-order valence-electron chi connectivity index (χ1n) is 12.1. The van der Waals surface area contributed by atoms with Crippen molar-refractivity contribution in [3.63, 3.8) is 0 Å². The molecule has 3 amide bonds. The average Bonchev–Trinajstić information content (AvgIpc) is 2.81. The lowest BCUT2D eigenvalue weighted by Crippen LogP contribution is -2.55. The lowest BCUT2D eigenvalue weighted by molar-refractivity contribution is -0.144. The van der Waals surface area contributed by atoms with Crippen molar-refractivity contribution >= 4 is 23.9 Å². The van der Waals surface area contributed by atoms with E-state index < -0.39 is 41.6 Å². The van der Waals surface area contributed by atoms with Crippen molar-refractivity contribution in [3.8, 4) is 0 Å². The molecule has 0 aromatic heterocycles. The first kappa shape index (κ1) is 30.7. The molecule has 3 atom stereocenters. The third-order valence-corrected chi connectivity index (χ3v) is 5.90. The highest BCUT2D eigenvalue weighted by Gasteiger charge is 2.38. The molecule has 0 bridgehead atoms. The Morgan fingerprint density at radius 2 is 1.81 bits per heavy atom. The van der Waals surface area contributed by atoms with Crippen molar-refractivity contribution in [2.45, 2.75) is 72.6 Å². The van der Waals surface area contributed by atoms with E-state index in [1.165, 1.54) is 18.1 Å². The Bertz CT molecular complexity index is 953. The van der Waals surface area contributed by atoms with Crippen molar-refractivity contribution in [1.29, 1.82) is 0 Å². The fraction of sp³-hybridized carbons (Fsp3) is 0.556. The summed E-state index contributed by atoms with van der Waals surface area (Å²) in [7, 11) is 1.23. The summed E-state index contributed by atoms with van der Waals surface area (Å²) in [6.07, 6.45) is 1.39. The van der Waals surface area contributed by atoms with Crippen LogP contribution in [-0.2, 0) is 23.9 Å². The van der Waals surface area contributed by atoms with E-state index in [9.17, 15) is 19.2 Å². The topological polar surface area (TPSA) is 114 Å². The van der Waals surface area contributed by atoms with Gasteiger partial charge in [-0.2, -0.15) is 0 Å². The van der Waals surface area contributed by atoms with Gasteiger partial charge in [-0.05, 0) is 57.2 Å². The molecule has 2 N–H and O–H groups in total. The number of benzene rings is 1. The van der Waals surface area contributed by atoms with E-state index in [1.807, 2.05) is 33.8 Å². The van der Waals surface area contributed by atoms with E-state index in [-0.39, 0.29) is 19.0 Å². The lowest BCUT2D eigenvalue weighted by atomic mass is 9.93. The molecule has 0 saturated carbocycles. The molecule has 0 saturated heterocycles. The molecule has 1 aromatic carbocycles. The van der Waals surface area contributed by atoms with E-state index in [0.29, 0.717) is 12.0 Å². The van der Waals surface area contributed by atoms with Gasteiger partial charge in [-0.15, -0.1) is 6.58 Å². The third kappa shape index (κ3) is 8.70. The summed E-state index contributed by atoms with van der Waals surface area (Å²) < 4.78 is 10.0. The Morgan fingerprint density at radius 1 is 1.17 bits per heavy atom. The van der Waals surface area contributed by atoms with Gasteiger partial charge in [0.15, 0.2) is 0 Å². The number of hydrogen-bond donors (Lipinski definition) is 2. The van der Waals surface area contributed by atoms with E-state index in [0.717, 1.165) is 11.1 Å². The van der Waals surface area contributed by atoms with Crippen LogP contribution in [0.25, 0.3) is 0 Å². The first-order valence-corrected chi connectivity index (χ1v) is 12.1. The Kier molecular flexibility index (Phi) is 11.6. The Labute approximate surface area is 214 Å². The molecule has 1 rings (SSSR count). The molecule has 0 heterocycles. The lowest BCUT2D eigenvalue weighted by Gasteiger charge is -2.36. The molecule has 36 heavy (non-hydrogen) atoms. The number of methoxy groups -OCH3 is 1. The van der Waals surface area contributed by atoms with Crippen LogP contribution in [0.15, 0.2) is 30.9 Å². The van der Waals surface area contributed by atoms with E-state index in [4.69, 9.17) is 4.74 Å². The number of aryl methyl sites for hydroxylation is 1. The van der Waals surface area contributed by atoms with Crippen LogP contribution in [0.1, 0.15) is 63.8 Å². The van der Waals surface area contributed by atoms with Crippen LogP contribution in [0, 0.1) is 19.8 Å². The molecule has 0 fully saturated rings. The van der Waals surface area contributed by atoms with E-state index >= 15 is 0 Å². The number of amides is 3. The third-order valence-electron chi connectivity index (χ3n) is 5.90. The summed E-state index contributed by atoms with van der Waals surface area (Å²) in [5, 5.41) is 5.27. The summed E-state index contributed by atoms with van der Waals surface area (Å²) in [6, 6.07) is 3.46. The molecule has 9 nitrogen and oxygen atoms in total. The number of hydrogen-bond acceptors (Lipinski definition) is 6. The van der Waals surface area contributed by atoms with Gasteiger partial charge in [0.2, 0.25) is 11.8 Å². The van der Waals surface area contributed by atoms with Gasteiger partial charge in [0.25, 0.3) is 0 Å². The number of alkyl carbamates (subject to hydrolysis) is 1. The number of nitrogens with zero attached hydrogens (tertiary/aromatic N) is 1. The maximum atomic E-state index is 14.0. The molecule has 0 aliphatic heterocycles. The van der Waals surface area contributed by atoms with Gasteiger partial charge >= 0.3 is 12.1 Å². The predicted molar refractivity (Wildman–Crippen MR) is 138 cm³/mol. The minimum absolute atomic E-state index is 0.0332. The molecule has 1 aromatic rings. The number of ether oxygens (including phenoxy) is 2. The average molecular weight is 504 g/mol. The van der Waals surface area contributed by atoms with Crippen molar-refractivity contribution in [1.82, 2.24) is 15.5 Å². The van der Waals surface area contributed by atoms with Gasteiger partial charge in [0.1, 0.15) is 24.2 Å². The zero-order valence-electron chi connectivity index (χ0n) is 22.8. The SMILES string of the molecule is C=CCN(C(=O)C(NC(=O)OC(C)(C)C)C(C)CC)C(C(=O)NCC(=O)OC)c1cccc(C)c1C. The Balaban J connectivity index is 3.54. The largest absolute Gasteiger partial charge is 0.468 e. The smallest absolute Gasteiger partial charge is 0.408 e. The molecular formula is C27H41N3O6. The summed E-state index contributed by atoms with van der Waals surface area (Å²) in [5.41, 5.74) is 1.63. The highest BCUT2D eigenvalue weighted by Crippen LogP contribution is 2.28. The molecule has 3 unspecified atom stereocenters. The van der Waals surface area contributed by atoms with Crippen molar-refractivity contribution in [2.75, 3.05) is 20.2 Å². The Hall–Kier alpha value is -3.36. The van der Waals surface area contributed by atoms with Crippen LogP contribution in [0.4, 0.5) is 4.79 Å². The van der Waals surface area contributed by atoms with Crippen LogP contribution in [0.2, 0.25) is 0 Å². The highest BCUT2D eigenvalue weighted by atomic mass is 16.6. The number of rotatable bonds is 11. The second-order valence-electron chi connectivity index (χ2n) is 9.77. The van der Waals surface area contributed by atoms with E-state index in [1.54, 1.807) is 32.9 Å². The molecule has 200 valence electrons. The highest BCUT2D eigenvalue weighted by molar-refractivity contribution is 5.93. The monoisotopic (exact) mass is 503 g/mol. The second-order valence-corrected chi connectivity index (χ2v) is 9.77. The standard InChI is InChI=1S/C27H41N3O6/c1-10-15-30(25(33)22(17(3)11-2)29-26(34)36-27(6,7)8)23(24(32)28-16-21(31)35-9)20-14-12-13-18(4)19(20)5/h10,12-14,17,22-23H,1,11,15-16H2,2-9H3,(H,28,32)(H,29,34). The summed E-state index contributed by atoms with van der Waals surface area (Å²) in [6.45, 7) is 16.2. The predicted octanol–water partition coefficient (Wildman–Crippen LogP) is 3.59. The zero-order chi connectivity index (χ0) is 27.6. The fourth-order valence-corrected chi connectivity index (χ4v) is 3.61. The maximum Gasteiger partial charge on any atom is 0.408 e. The van der Waals surface area contributed by atoms with Crippen LogP contribution < -0.4 is 10.6 Å². The number of carbonyl (C=O) groups is 4. The number of nitrogens with one attached hydrogen (secondary N) is 2. The maximum absolute atomic E-state index is 14.0. The van der Waals surface area contributed by atoms with Crippen molar-refractivity contribution in [3.05, 3.63) is 47.5 Å². The second kappa shape index (κ2) is 13.7. The molecule has 0 radical (unpaired) electrons. The van der Waals surface area contributed by atoms with Crippen LogP contribution in [0.5, 0.6) is 0 Å².